The van der Waals surface area contributed by atoms with Gasteiger partial charge in [-0.2, -0.15) is 0 Å². The molecule has 0 atom stereocenters. The van der Waals surface area contributed by atoms with E-state index in [1.807, 2.05) is 42.5 Å². The molecule has 2 radical (unpaired) electrons. The van der Waals surface area contributed by atoms with Crippen molar-refractivity contribution in [3.63, 3.8) is 0 Å². The molecule has 0 unspecified atom stereocenters. The number of aromatic nitrogens is 2. The number of pyridine rings is 2. The predicted molar refractivity (Wildman–Crippen MR) is 97.6 cm³/mol. The van der Waals surface area contributed by atoms with Crippen LogP contribution in [0.3, 0.4) is 0 Å². The number of benzene rings is 2. The zero-order valence-electron chi connectivity index (χ0n) is 12.7. The van der Waals surface area contributed by atoms with Gasteiger partial charge >= 0.3 is 0 Å². The summed E-state index contributed by atoms with van der Waals surface area (Å²) in [6.07, 6.45) is 3.53. The summed E-state index contributed by atoms with van der Waals surface area (Å²) in [7, 11) is 6.28. The van der Waals surface area contributed by atoms with E-state index in [1.54, 1.807) is 12.4 Å². The first-order valence-corrected chi connectivity index (χ1v) is 7.72. The van der Waals surface area contributed by atoms with E-state index in [4.69, 9.17) is 12.3 Å². The molecule has 5 rings (SSSR count). The fourth-order valence-electron chi connectivity index (χ4n) is 3.24. The Bertz CT molecular complexity index is 1220. The summed E-state index contributed by atoms with van der Waals surface area (Å²) in [4.78, 5) is 8.66. The first-order valence-electron chi connectivity index (χ1n) is 7.72. The molecule has 0 saturated carbocycles. The van der Waals surface area contributed by atoms with Gasteiger partial charge in [0.2, 0.25) is 0 Å². The standard InChI is InChI=1S/C20H11BN2O/c21-17-11-12(13-7-9-23-20-15(13)5-3-8-22-20)10-16-14-4-1-2-6-18(14)24-19(16)17/h1-11H. The molecule has 0 N–H and O–H groups in total. The Hall–Kier alpha value is -3.14. The Balaban J connectivity index is 1.88. The normalized spacial score (nSPS) is 11.5. The molecule has 0 fully saturated rings. The number of rotatable bonds is 1. The van der Waals surface area contributed by atoms with Crippen LogP contribution in [-0.2, 0) is 0 Å². The molecule has 0 saturated heterocycles. The van der Waals surface area contributed by atoms with Gasteiger partial charge in [0.15, 0.2) is 5.65 Å². The van der Waals surface area contributed by atoms with Crippen LogP contribution in [0.25, 0.3) is 44.1 Å². The van der Waals surface area contributed by atoms with Gasteiger partial charge in [-0.05, 0) is 41.5 Å². The van der Waals surface area contributed by atoms with Crippen molar-refractivity contribution in [2.24, 2.45) is 0 Å². The van der Waals surface area contributed by atoms with Crippen LogP contribution in [0.5, 0.6) is 0 Å². The summed E-state index contributed by atoms with van der Waals surface area (Å²) >= 11 is 0. The highest BCUT2D eigenvalue weighted by molar-refractivity contribution is 6.39. The Morgan fingerprint density at radius 3 is 2.58 bits per heavy atom. The highest BCUT2D eigenvalue weighted by Crippen LogP contribution is 2.33. The van der Waals surface area contributed by atoms with E-state index in [2.05, 4.69) is 22.1 Å². The third-order valence-electron chi connectivity index (χ3n) is 4.33. The van der Waals surface area contributed by atoms with Crippen LogP contribution in [0.15, 0.2) is 71.4 Å². The highest BCUT2D eigenvalue weighted by atomic mass is 16.3. The quantitative estimate of drug-likeness (QED) is 0.440. The van der Waals surface area contributed by atoms with Crippen LogP contribution in [0, 0.1) is 0 Å². The molecule has 0 aliphatic heterocycles. The molecule has 3 heterocycles. The Morgan fingerprint density at radius 2 is 1.62 bits per heavy atom. The zero-order chi connectivity index (χ0) is 16.1. The fraction of sp³-hybridized carbons (Fsp3) is 0. The molecule has 5 aromatic rings. The molecular formula is C20H11BN2O. The van der Waals surface area contributed by atoms with Crippen LogP contribution in [0.1, 0.15) is 0 Å². The maximum absolute atomic E-state index is 6.28. The maximum atomic E-state index is 6.28. The smallest absolute Gasteiger partial charge is 0.159 e. The number of nitrogens with zero attached hydrogens (tertiary/aromatic N) is 2. The van der Waals surface area contributed by atoms with E-state index in [1.165, 1.54) is 0 Å². The molecule has 24 heavy (non-hydrogen) atoms. The largest absolute Gasteiger partial charge is 0.457 e. The third-order valence-corrected chi connectivity index (χ3v) is 4.33. The van der Waals surface area contributed by atoms with Crippen molar-refractivity contribution >= 4 is 46.3 Å². The Morgan fingerprint density at radius 1 is 0.792 bits per heavy atom. The van der Waals surface area contributed by atoms with Crippen molar-refractivity contribution in [1.82, 2.24) is 9.97 Å². The van der Waals surface area contributed by atoms with Gasteiger partial charge < -0.3 is 4.42 Å². The molecule has 2 aromatic carbocycles. The molecule has 3 nitrogen and oxygen atoms in total. The molecule has 110 valence electrons. The molecular weight excluding hydrogens is 295 g/mol. The van der Waals surface area contributed by atoms with Crippen LogP contribution in [-0.4, -0.2) is 17.8 Å². The van der Waals surface area contributed by atoms with E-state index in [0.29, 0.717) is 5.46 Å². The van der Waals surface area contributed by atoms with E-state index in [-0.39, 0.29) is 0 Å². The van der Waals surface area contributed by atoms with Crippen LogP contribution in [0.4, 0.5) is 0 Å². The minimum absolute atomic E-state index is 0.632. The first-order chi connectivity index (χ1) is 11.8. The summed E-state index contributed by atoms with van der Waals surface area (Å²) in [5, 5.41) is 3.10. The van der Waals surface area contributed by atoms with Gasteiger partial charge in [-0.25, -0.2) is 9.97 Å². The first kappa shape index (κ1) is 13.3. The molecule has 0 aliphatic carbocycles. The second-order valence-electron chi connectivity index (χ2n) is 5.77. The Labute approximate surface area is 139 Å². The molecule has 0 bridgehead atoms. The van der Waals surface area contributed by atoms with Crippen LogP contribution >= 0.6 is 0 Å². The maximum Gasteiger partial charge on any atom is 0.159 e. The summed E-state index contributed by atoms with van der Waals surface area (Å²) in [5.41, 5.74) is 5.03. The second kappa shape index (κ2) is 4.93. The molecule has 4 heteroatoms. The van der Waals surface area contributed by atoms with Crippen molar-refractivity contribution in [3.05, 3.63) is 67.0 Å². The lowest BCUT2D eigenvalue weighted by Gasteiger charge is -2.07. The van der Waals surface area contributed by atoms with Crippen LogP contribution < -0.4 is 5.46 Å². The number of hydrogen-bond donors (Lipinski definition) is 0. The summed E-state index contributed by atoms with van der Waals surface area (Å²) in [6.45, 7) is 0. The lowest BCUT2D eigenvalue weighted by molar-refractivity contribution is 0.671. The number of para-hydroxylation sites is 1. The topological polar surface area (TPSA) is 38.9 Å². The lowest BCUT2D eigenvalue weighted by Crippen LogP contribution is -2.03. The van der Waals surface area contributed by atoms with Gasteiger partial charge in [-0.15, -0.1) is 0 Å². The van der Waals surface area contributed by atoms with Crippen molar-refractivity contribution in [3.8, 4) is 11.1 Å². The minimum Gasteiger partial charge on any atom is -0.457 e. The predicted octanol–water partition coefficient (Wildman–Crippen LogP) is 3.99. The average molecular weight is 306 g/mol. The molecule has 0 spiro atoms. The van der Waals surface area contributed by atoms with E-state index in [0.717, 1.165) is 44.1 Å². The van der Waals surface area contributed by atoms with Gasteiger partial charge in [0.25, 0.3) is 0 Å². The van der Waals surface area contributed by atoms with Gasteiger partial charge in [0.05, 0.1) is 0 Å². The number of hydrogen-bond acceptors (Lipinski definition) is 3. The van der Waals surface area contributed by atoms with Gasteiger partial charge in [0, 0.05) is 28.6 Å². The van der Waals surface area contributed by atoms with Crippen molar-refractivity contribution in [2.75, 3.05) is 0 Å². The van der Waals surface area contributed by atoms with Crippen molar-refractivity contribution in [1.29, 1.82) is 0 Å². The molecule has 0 amide bonds. The summed E-state index contributed by atoms with van der Waals surface area (Å²) in [5.74, 6) is 0. The number of fused-ring (bicyclic) bond motifs is 4. The van der Waals surface area contributed by atoms with E-state index < -0.39 is 0 Å². The van der Waals surface area contributed by atoms with E-state index >= 15 is 0 Å². The monoisotopic (exact) mass is 306 g/mol. The third kappa shape index (κ3) is 1.86. The highest BCUT2D eigenvalue weighted by Gasteiger charge is 2.12. The number of furan rings is 1. The molecule has 0 aliphatic rings. The SMILES string of the molecule is [B]c1cc(-c2ccnc3ncccc23)cc2c1oc1ccccc12. The molecule has 3 aromatic heterocycles. The zero-order valence-corrected chi connectivity index (χ0v) is 12.7. The van der Waals surface area contributed by atoms with Crippen molar-refractivity contribution < 1.29 is 4.42 Å². The van der Waals surface area contributed by atoms with Gasteiger partial charge in [-0.1, -0.05) is 29.7 Å². The van der Waals surface area contributed by atoms with E-state index in [9.17, 15) is 0 Å². The van der Waals surface area contributed by atoms with Gasteiger partial charge in [0.1, 0.15) is 19.0 Å². The Kier molecular flexibility index (Phi) is 2.74. The lowest BCUT2D eigenvalue weighted by atomic mass is 9.89. The fourth-order valence-corrected chi connectivity index (χ4v) is 3.24. The minimum atomic E-state index is 0.632. The summed E-state index contributed by atoms with van der Waals surface area (Å²) < 4.78 is 5.91. The second-order valence-corrected chi connectivity index (χ2v) is 5.77. The van der Waals surface area contributed by atoms with Crippen LogP contribution in [0.2, 0.25) is 0 Å². The summed E-state index contributed by atoms with van der Waals surface area (Å²) in [6, 6.07) is 18.0. The van der Waals surface area contributed by atoms with Gasteiger partial charge in [-0.3, -0.25) is 0 Å². The van der Waals surface area contributed by atoms with Crippen molar-refractivity contribution in [2.45, 2.75) is 0 Å². The average Bonchev–Trinajstić information content (AvgIpc) is 3.01.